The molecule has 0 fully saturated rings. The molecule has 316 valence electrons. The van der Waals surface area contributed by atoms with E-state index in [9.17, 15) is 19.2 Å². The van der Waals surface area contributed by atoms with Crippen LogP contribution in [0.4, 0.5) is 0 Å². The number of carboxylic acids is 2. The lowest BCUT2D eigenvalue weighted by molar-refractivity contribution is -0.146. The van der Waals surface area contributed by atoms with Crippen molar-refractivity contribution < 1.29 is 38.9 Å². The van der Waals surface area contributed by atoms with Gasteiger partial charge in [-0.1, -0.05) is 43.2 Å². The maximum Gasteiger partial charge on any atom is 0.338 e. The first-order valence-corrected chi connectivity index (χ1v) is 15.3. The fourth-order valence-corrected chi connectivity index (χ4v) is 3.51. The highest BCUT2D eigenvalue weighted by molar-refractivity contribution is 9.10. The third-order valence-corrected chi connectivity index (χ3v) is 6.02. The Morgan fingerprint density at radius 3 is 1.47 bits per heavy atom. The number of aliphatic imine (C=N–C) groups is 3. The Kier molecular flexibility index (Phi) is 49.2. The Bertz CT molecular complexity index is 1350. The number of rotatable bonds is 4. The Morgan fingerprint density at radius 1 is 0.782 bits per heavy atom. The van der Waals surface area contributed by atoms with Crippen LogP contribution in [0.25, 0.3) is 0 Å². The van der Waals surface area contributed by atoms with Crippen molar-refractivity contribution in [1.82, 2.24) is 35.5 Å². The molecule has 55 heavy (non-hydrogen) atoms. The van der Waals surface area contributed by atoms with Crippen molar-refractivity contribution >= 4 is 71.2 Å². The second kappa shape index (κ2) is 41.7. The molecule has 3 atom stereocenters. The summed E-state index contributed by atoms with van der Waals surface area (Å²) in [6.07, 6.45) is 15.3. The topological polar surface area (TPSA) is 243 Å². The highest BCUT2D eigenvalue weighted by atomic mass is 79.9. The number of nitrogens with zero attached hydrogens (tertiary/aromatic N) is 8. The van der Waals surface area contributed by atoms with Gasteiger partial charge in [-0.2, -0.15) is 0 Å². The van der Waals surface area contributed by atoms with Crippen LogP contribution in [-0.4, -0.2) is 138 Å². The average molecular weight is 868 g/mol. The second-order valence-electron chi connectivity index (χ2n) is 9.60. The normalized spacial score (nSPS) is 15.9. The van der Waals surface area contributed by atoms with Gasteiger partial charge in [-0.25, -0.2) is 24.7 Å². The fraction of sp³-hybridized carbons (Fsp3) is 0.514. The lowest BCUT2D eigenvalue weighted by Crippen LogP contribution is -2.35. The summed E-state index contributed by atoms with van der Waals surface area (Å²) in [6, 6.07) is 0. The summed E-state index contributed by atoms with van der Waals surface area (Å²) >= 11 is 3.19. The molecule has 0 saturated carbocycles. The van der Waals surface area contributed by atoms with Crippen LogP contribution < -0.4 is 10.6 Å². The summed E-state index contributed by atoms with van der Waals surface area (Å²) in [7, 11) is 4.68. The number of hydrogen-bond donors (Lipinski definition) is 4. The van der Waals surface area contributed by atoms with Crippen molar-refractivity contribution in [2.45, 2.75) is 44.1 Å². The van der Waals surface area contributed by atoms with E-state index in [1.165, 1.54) is 39.3 Å². The van der Waals surface area contributed by atoms with Crippen molar-refractivity contribution in [1.29, 1.82) is 0 Å². The average Bonchev–Trinajstić information content (AvgIpc) is 3.14. The second-order valence-corrected chi connectivity index (χ2v) is 10.5. The number of halogens is 2. The predicted octanol–water partition coefficient (Wildman–Crippen LogP) is 4.68. The number of nitrogens with one attached hydrogen (secondary N) is 2. The summed E-state index contributed by atoms with van der Waals surface area (Å²) in [6.45, 7) is 8.59. The first-order valence-electron chi connectivity index (χ1n) is 14.5. The molecule has 3 aliphatic heterocycles. The van der Waals surface area contributed by atoms with Gasteiger partial charge < -0.3 is 35.2 Å². The number of hydrogen-bond acceptors (Lipinski definition) is 16. The molecule has 20 heteroatoms. The van der Waals surface area contributed by atoms with Crippen molar-refractivity contribution in [2.75, 3.05) is 60.5 Å². The van der Waals surface area contributed by atoms with Gasteiger partial charge in [0.05, 0.1) is 80.7 Å². The Hall–Kier alpha value is -5.04. The van der Waals surface area contributed by atoms with E-state index >= 15 is 0 Å². The summed E-state index contributed by atoms with van der Waals surface area (Å²) in [5.74, 6) is -2.67. The number of carbonyl (C=O) groups excluding carboxylic acids is 2. The van der Waals surface area contributed by atoms with Gasteiger partial charge in [0, 0.05) is 51.5 Å². The van der Waals surface area contributed by atoms with Gasteiger partial charge in [0.25, 0.3) is 0 Å². The summed E-state index contributed by atoms with van der Waals surface area (Å²) in [4.78, 5) is 70.2. The first kappa shape index (κ1) is 64.9. The van der Waals surface area contributed by atoms with Gasteiger partial charge in [0.1, 0.15) is 12.7 Å². The van der Waals surface area contributed by atoms with Crippen molar-refractivity contribution in [3.63, 3.8) is 0 Å². The summed E-state index contributed by atoms with van der Waals surface area (Å²) < 4.78 is 10.0. The molecule has 4 N–H and O–H groups in total. The molecule has 0 spiro atoms. The number of esters is 2. The molecule has 0 bridgehead atoms. The van der Waals surface area contributed by atoms with E-state index in [1.807, 2.05) is 18.9 Å². The molecule has 0 radical (unpaired) electrons. The van der Waals surface area contributed by atoms with E-state index in [-0.39, 0.29) is 84.8 Å². The summed E-state index contributed by atoms with van der Waals surface area (Å²) in [5.41, 5.74) is 0.109. The van der Waals surface area contributed by atoms with Crippen LogP contribution in [-0.2, 0) is 23.9 Å². The number of aromatic carboxylic acids is 1. The molecule has 3 aliphatic rings. The van der Waals surface area contributed by atoms with Crippen LogP contribution in [0.1, 0.15) is 54.4 Å². The molecule has 0 amide bonds. The monoisotopic (exact) mass is 866 g/mol. The van der Waals surface area contributed by atoms with Crippen LogP contribution in [0.3, 0.4) is 0 Å². The number of carboxylic acid groups (broad SMARTS) is 2. The maximum atomic E-state index is 11.0. The number of aromatic nitrogens is 4. The van der Waals surface area contributed by atoms with Crippen LogP contribution in [0, 0.1) is 17.8 Å². The van der Waals surface area contributed by atoms with Gasteiger partial charge in [-0.3, -0.25) is 29.4 Å². The fourth-order valence-electron chi connectivity index (χ4n) is 3.27. The number of aliphatic carboxylic acids is 1. The van der Waals surface area contributed by atoms with E-state index in [2.05, 4.69) is 77.5 Å². The molecule has 0 aromatic carbocycles. The lowest BCUT2D eigenvalue weighted by Gasteiger charge is -2.23. The highest BCUT2D eigenvalue weighted by Crippen LogP contribution is 2.06. The van der Waals surface area contributed by atoms with E-state index < -0.39 is 11.9 Å². The zero-order chi connectivity index (χ0) is 36.9. The Morgan fingerprint density at radius 2 is 1.18 bits per heavy atom. The standard InChI is InChI=1S/C7H12N2O2.C6H10N2O2.C5H8N2O2.C5H4N2O2.C4H3BrN2.C3H6.5CH4.ClH/c1-9-4-6(3-8-5-9)7(10)11-2;1-10-6(9)5-2-7-4-8-3-5;2*8-5(9)4-1-6-3-7-2-4;5-4-1-6-3-7-2-4;1-3-2;;;;;;/h5-6H,3-4H2,1-2H3;4-5H,2-3H2,1H3,(H,7,8);3-4H,1-2H2,(H,6,7)(H,8,9);1-3H,(H,8,9);1-3H;3H,1H2,2H3;5*1H4;1H. The highest BCUT2D eigenvalue weighted by Gasteiger charge is 2.22. The largest absolute Gasteiger partial charge is 0.481 e. The van der Waals surface area contributed by atoms with E-state index in [0.717, 1.165) is 4.47 Å². The van der Waals surface area contributed by atoms with Crippen molar-refractivity contribution in [3.05, 3.63) is 60.1 Å². The van der Waals surface area contributed by atoms with E-state index in [4.69, 9.17) is 10.2 Å². The smallest absolute Gasteiger partial charge is 0.338 e. The van der Waals surface area contributed by atoms with E-state index in [1.54, 1.807) is 37.5 Å². The number of carbonyl (C=O) groups is 4. The molecule has 2 aromatic heterocycles. The van der Waals surface area contributed by atoms with Crippen LogP contribution in [0.15, 0.2) is 69.5 Å². The van der Waals surface area contributed by atoms with Crippen LogP contribution in [0.2, 0.25) is 0 Å². The third kappa shape index (κ3) is 33.3. The minimum atomic E-state index is -1.00. The molecule has 2 aromatic rings. The number of methoxy groups -OCH3 is 2. The minimum Gasteiger partial charge on any atom is -0.481 e. The molecule has 3 unspecified atom stereocenters. The van der Waals surface area contributed by atoms with Crippen molar-refractivity contribution in [2.24, 2.45) is 32.7 Å². The zero-order valence-corrected chi connectivity index (χ0v) is 30.6. The maximum absolute atomic E-state index is 11.0. The first-order chi connectivity index (χ1) is 23.5. The Balaban J connectivity index is -0.000000101. The molecule has 0 aliphatic carbocycles. The van der Waals surface area contributed by atoms with Crippen LogP contribution >= 0.6 is 28.3 Å². The summed E-state index contributed by atoms with van der Waals surface area (Å²) in [5, 5.41) is 22.3. The quantitative estimate of drug-likeness (QED) is 0.241. The molecule has 0 saturated heterocycles. The van der Waals surface area contributed by atoms with E-state index in [0.29, 0.717) is 39.3 Å². The van der Waals surface area contributed by atoms with Gasteiger partial charge in [-0.15, -0.1) is 19.0 Å². The number of ether oxygens (including phenoxy) is 2. The van der Waals surface area contributed by atoms with Crippen LogP contribution in [0.5, 0.6) is 0 Å². The van der Waals surface area contributed by atoms with Crippen molar-refractivity contribution in [3.8, 4) is 0 Å². The third-order valence-electron chi connectivity index (χ3n) is 5.61. The zero-order valence-electron chi connectivity index (χ0n) is 28.2. The predicted molar refractivity (Wildman–Crippen MR) is 226 cm³/mol. The van der Waals surface area contributed by atoms with Gasteiger partial charge in [-0.05, 0) is 22.9 Å². The van der Waals surface area contributed by atoms with Gasteiger partial charge in [0.2, 0.25) is 0 Å². The molecule has 18 nitrogen and oxygen atoms in total. The molecular formula is C35H64BrClN10O8. The molecular weight excluding hydrogens is 804 g/mol. The SMILES string of the molecule is Brc1cncnc1.C.C.C.C.C.C=CC.COC(=O)C1CN=CN(C)C1.COC(=O)C1CN=CNC1.Cl.O=C(O)C1CN=CNC1.O=C(O)c1cncnc1. The minimum absolute atomic E-state index is 0. The number of allylic oxidation sites excluding steroid dienone is 1. The lowest BCUT2D eigenvalue weighted by atomic mass is 10.1. The molecule has 5 heterocycles. The van der Waals surface area contributed by atoms with Gasteiger partial charge in [0.15, 0.2) is 0 Å². The van der Waals surface area contributed by atoms with Gasteiger partial charge >= 0.3 is 23.9 Å². The molecule has 5 rings (SSSR count). The Labute approximate surface area is 342 Å².